The van der Waals surface area contributed by atoms with Crippen molar-refractivity contribution in [2.45, 2.75) is 18.1 Å². The molecular weight excluding hydrogens is 212 g/mol. The van der Waals surface area contributed by atoms with Crippen molar-refractivity contribution < 1.29 is 13.0 Å². The van der Waals surface area contributed by atoms with Crippen LogP contribution in [0, 0.1) is 0 Å². The van der Waals surface area contributed by atoms with E-state index in [-0.39, 0.29) is 6.42 Å². The Labute approximate surface area is 90.2 Å². The average molecular weight is 226 g/mol. The van der Waals surface area contributed by atoms with Crippen LogP contribution in [0.4, 0.5) is 0 Å². The third-order valence-corrected chi connectivity index (χ3v) is 3.36. The van der Waals surface area contributed by atoms with E-state index in [0.717, 1.165) is 5.56 Å². The summed E-state index contributed by atoms with van der Waals surface area (Å²) >= 11 is 0. The van der Waals surface area contributed by atoms with Crippen molar-refractivity contribution in [1.82, 2.24) is 0 Å². The lowest BCUT2D eigenvalue weighted by Crippen LogP contribution is -2.22. The summed E-state index contributed by atoms with van der Waals surface area (Å²) in [6.07, 6.45) is 2.07. The zero-order valence-corrected chi connectivity index (χ0v) is 9.15. The molecule has 15 heavy (non-hydrogen) atoms. The van der Waals surface area contributed by atoms with E-state index in [1.54, 1.807) is 0 Å². The summed E-state index contributed by atoms with van der Waals surface area (Å²) in [5.74, 6) is 0. The minimum Gasteiger partial charge on any atom is -0.285 e. The second-order valence-corrected chi connectivity index (χ2v) is 5.05. The fourth-order valence-electron chi connectivity index (χ4n) is 1.37. The molecule has 0 aliphatic rings. The standard InChI is InChI=1S/C11H14O3S/c1-2-6-11(15(12,13)14)9-10-7-4-3-5-8-10/h2-5,7-8,11H,1,6,9H2,(H,12,13,14). The van der Waals surface area contributed by atoms with Gasteiger partial charge in [-0.1, -0.05) is 36.4 Å². The van der Waals surface area contributed by atoms with Crippen LogP contribution in [0.1, 0.15) is 12.0 Å². The average Bonchev–Trinajstić information content (AvgIpc) is 2.17. The van der Waals surface area contributed by atoms with Crippen molar-refractivity contribution in [2.24, 2.45) is 0 Å². The van der Waals surface area contributed by atoms with Gasteiger partial charge >= 0.3 is 0 Å². The van der Waals surface area contributed by atoms with E-state index in [1.165, 1.54) is 6.08 Å². The van der Waals surface area contributed by atoms with E-state index in [2.05, 4.69) is 6.58 Å². The fraction of sp³-hybridized carbons (Fsp3) is 0.273. The van der Waals surface area contributed by atoms with Crippen LogP contribution in [0.5, 0.6) is 0 Å². The molecule has 0 aliphatic heterocycles. The molecule has 1 atom stereocenters. The van der Waals surface area contributed by atoms with Gasteiger partial charge < -0.3 is 0 Å². The lowest BCUT2D eigenvalue weighted by atomic mass is 10.1. The van der Waals surface area contributed by atoms with E-state index >= 15 is 0 Å². The summed E-state index contributed by atoms with van der Waals surface area (Å²) in [6, 6.07) is 9.20. The number of rotatable bonds is 5. The summed E-state index contributed by atoms with van der Waals surface area (Å²) < 4.78 is 31.1. The van der Waals surface area contributed by atoms with Crippen LogP contribution in [0.3, 0.4) is 0 Å². The number of hydrogen-bond donors (Lipinski definition) is 1. The van der Waals surface area contributed by atoms with Crippen molar-refractivity contribution in [3.63, 3.8) is 0 Å². The summed E-state index contributed by atoms with van der Waals surface area (Å²) in [4.78, 5) is 0. The molecular formula is C11H14O3S. The maximum atomic E-state index is 11.0. The Kier molecular flexibility index (Phi) is 4.05. The number of allylic oxidation sites excluding steroid dienone is 1. The summed E-state index contributed by atoms with van der Waals surface area (Å²) in [7, 11) is -4.00. The molecule has 0 fully saturated rings. The van der Waals surface area contributed by atoms with E-state index in [9.17, 15) is 8.42 Å². The second-order valence-electron chi connectivity index (χ2n) is 3.35. The van der Waals surface area contributed by atoms with Gasteiger partial charge in [0.25, 0.3) is 10.1 Å². The first-order chi connectivity index (χ1) is 7.04. The minimum atomic E-state index is -4.00. The molecule has 0 aromatic heterocycles. The van der Waals surface area contributed by atoms with Crippen LogP contribution < -0.4 is 0 Å². The largest absolute Gasteiger partial charge is 0.285 e. The molecule has 82 valence electrons. The number of benzene rings is 1. The Morgan fingerprint density at radius 1 is 1.33 bits per heavy atom. The van der Waals surface area contributed by atoms with Crippen LogP contribution >= 0.6 is 0 Å². The van der Waals surface area contributed by atoms with Crippen molar-refractivity contribution >= 4 is 10.1 Å². The molecule has 1 N–H and O–H groups in total. The summed E-state index contributed by atoms with van der Waals surface area (Å²) in [6.45, 7) is 3.48. The Morgan fingerprint density at radius 2 is 1.93 bits per heavy atom. The predicted molar refractivity (Wildman–Crippen MR) is 60.3 cm³/mol. The molecule has 0 heterocycles. The molecule has 0 radical (unpaired) electrons. The maximum absolute atomic E-state index is 11.0. The van der Waals surface area contributed by atoms with Gasteiger partial charge in [-0.15, -0.1) is 6.58 Å². The first kappa shape index (κ1) is 11.9. The van der Waals surface area contributed by atoms with Gasteiger partial charge in [0.2, 0.25) is 0 Å². The quantitative estimate of drug-likeness (QED) is 0.617. The van der Waals surface area contributed by atoms with Gasteiger partial charge in [0, 0.05) is 0 Å². The normalized spacial score (nSPS) is 13.4. The van der Waals surface area contributed by atoms with Crippen molar-refractivity contribution in [2.75, 3.05) is 0 Å². The maximum Gasteiger partial charge on any atom is 0.268 e. The molecule has 0 spiro atoms. The summed E-state index contributed by atoms with van der Waals surface area (Å²) in [5, 5.41) is -0.794. The molecule has 0 saturated heterocycles. The van der Waals surface area contributed by atoms with Gasteiger partial charge in [0.05, 0.1) is 5.25 Å². The van der Waals surface area contributed by atoms with E-state index in [1.807, 2.05) is 30.3 Å². The SMILES string of the molecule is C=CCC(Cc1ccccc1)S(=O)(=O)O. The van der Waals surface area contributed by atoms with Crippen LogP contribution in [0.25, 0.3) is 0 Å². The Hall–Kier alpha value is -1.13. The highest BCUT2D eigenvalue weighted by atomic mass is 32.2. The molecule has 1 unspecified atom stereocenters. The second kappa shape index (κ2) is 5.09. The zero-order chi connectivity index (χ0) is 11.3. The fourth-order valence-corrected chi connectivity index (χ4v) is 2.16. The zero-order valence-electron chi connectivity index (χ0n) is 8.33. The van der Waals surface area contributed by atoms with E-state index in [0.29, 0.717) is 6.42 Å². The molecule has 4 heteroatoms. The van der Waals surface area contributed by atoms with Gasteiger partial charge in [0.1, 0.15) is 0 Å². The molecule has 1 aromatic rings. The third-order valence-electron chi connectivity index (χ3n) is 2.16. The van der Waals surface area contributed by atoms with Gasteiger partial charge in [0.15, 0.2) is 0 Å². The molecule has 0 amide bonds. The lowest BCUT2D eigenvalue weighted by molar-refractivity contribution is 0.465. The van der Waals surface area contributed by atoms with Crippen LogP contribution in [-0.4, -0.2) is 18.2 Å². The Morgan fingerprint density at radius 3 is 2.40 bits per heavy atom. The smallest absolute Gasteiger partial charge is 0.268 e. The highest BCUT2D eigenvalue weighted by Gasteiger charge is 2.21. The van der Waals surface area contributed by atoms with E-state index < -0.39 is 15.4 Å². The molecule has 1 aromatic carbocycles. The first-order valence-corrected chi connectivity index (χ1v) is 6.15. The third kappa shape index (κ3) is 3.85. The molecule has 3 nitrogen and oxygen atoms in total. The van der Waals surface area contributed by atoms with Gasteiger partial charge in [-0.3, -0.25) is 4.55 Å². The monoisotopic (exact) mass is 226 g/mol. The Balaban J connectivity index is 2.81. The topological polar surface area (TPSA) is 54.4 Å². The van der Waals surface area contributed by atoms with Crippen molar-refractivity contribution in [3.8, 4) is 0 Å². The highest BCUT2D eigenvalue weighted by Crippen LogP contribution is 2.12. The van der Waals surface area contributed by atoms with Crippen LogP contribution in [0.15, 0.2) is 43.0 Å². The minimum absolute atomic E-state index is 0.258. The predicted octanol–water partition coefficient (Wildman–Crippen LogP) is 2.06. The Bertz CT molecular complexity index is 409. The van der Waals surface area contributed by atoms with Crippen LogP contribution in [-0.2, 0) is 16.5 Å². The molecule has 1 rings (SSSR count). The van der Waals surface area contributed by atoms with Gasteiger partial charge in [-0.25, -0.2) is 0 Å². The van der Waals surface area contributed by atoms with Crippen molar-refractivity contribution in [1.29, 1.82) is 0 Å². The first-order valence-electron chi connectivity index (χ1n) is 4.65. The van der Waals surface area contributed by atoms with E-state index in [4.69, 9.17) is 4.55 Å². The molecule has 0 bridgehead atoms. The highest BCUT2D eigenvalue weighted by molar-refractivity contribution is 7.86. The molecule has 0 saturated carbocycles. The van der Waals surface area contributed by atoms with Crippen LogP contribution in [0.2, 0.25) is 0 Å². The van der Waals surface area contributed by atoms with Gasteiger partial charge in [-0.05, 0) is 18.4 Å². The molecule has 0 aliphatic carbocycles. The summed E-state index contributed by atoms with van der Waals surface area (Å²) in [5.41, 5.74) is 0.891. The number of hydrogen-bond acceptors (Lipinski definition) is 2. The van der Waals surface area contributed by atoms with Crippen molar-refractivity contribution in [3.05, 3.63) is 48.6 Å². The van der Waals surface area contributed by atoms with Gasteiger partial charge in [-0.2, -0.15) is 8.42 Å². The lowest BCUT2D eigenvalue weighted by Gasteiger charge is -2.11.